The predicted molar refractivity (Wildman–Crippen MR) is 60.9 cm³/mol. The van der Waals surface area contributed by atoms with Crippen molar-refractivity contribution >= 4 is 33.3 Å². The van der Waals surface area contributed by atoms with Gasteiger partial charge in [0, 0.05) is 17.3 Å². The van der Waals surface area contributed by atoms with Crippen LogP contribution in [0.2, 0.25) is 5.02 Å². The first kappa shape index (κ1) is 14.3. The molecule has 0 saturated heterocycles. The molecular formula is C10H7BrClF3O2. The van der Waals surface area contributed by atoms with Crippen molar-refractivity contribution in [3.63, 3.8) is 0 Å². The molecule has 0 amide bonds. The summed E-state index contributed by atoms with van der Waals surface area (Å²) in [6, 6.07) is 3.24. The lowest BCUT2D eigenvalue weighted by Gasteiger charge is -2.10. The number of halogens is 5. The fourth-order valence-corrected chi connectivity index (χ4v) is 1.72. The number of carbonyl (C=O) groups is 1. The molecule has 0 atom stereocenters. The number of ketones is 1. The lowest BCUT2D eigenvalue weighted by molar-refractivity contribution is -0.274. The van der Waals surface area contributed by atoms with E-state index in [0.29, 0.717) is 5.33 Å². The van der Waals surface area contributed by atoms with Gasteiger partial charge in [0.2, 0.25) is 0 Å². The molecule has 94 valence electrons. The van der Waals surface area contributed by atoms with Gasteiger partial charge in [-0.15, -0.1) is 13.2 Å². The predicted octanol–water partition coefficient (Wildman–Crippen LogP) is 4.21. The zero-order chi connectivity index (χ0) is 13.1. The smallest absolute Gasteiger partial charge is 0.406 e. The van der Waals surface area contributed by atoms with Crippen molar-refractivity contribution in [3.05, 3.63) is 28.8 Å². The quantitative estimate of drug-likeness (QED) is 0.610. The first-order valence-electron chi connectivity index (χ1n) is 4.48. The zero-order valence-electron chi connectivity index (χ0n) is 8.35. The Hall–Kier alpha value is -0.750. The van der Waals surface area contributed by atoms with E-state index in [1.54, 1.807) is 0 Å². The Morgan fingerprint density at radius 2 is 2.06 bits per heavy atom. The Labute approximate surface area is 109 Å². The van der Waals surface area contributed by atoms with Crippen LogP contribution in [0.1, 0.15) is 16.8 Å². The fraction of sp³-hybridized carbons (Fsp3) is 0.300. The van der Waals surface area contributed by atoms with Crippen LogP contribution in [0.3, 0.4) is 0 Å². The summed E-state index contributed by atoms with van der Waals surface area (Å²) < 4.78 is 39.6. The third-order valence-corrected chi connectivity index (χ3v) is 2.52. The molecule has 7 heteroatoms. The van der Waals surface area contributed by atoms with Crippen LogP contribution in [-0.2, 0) is 0 Å². The van der Waals surface area contributed by atoms with Crippen molar-refractivity contribution in [2.75, 3.05) is 5.33 Å². The number of rotatable bonds is 4. The number of hydrogen-bond acceptors (Lipinski definition) is 2. The first-order chi connectivity index (χ1) is 7.83. The number of Topliss-reactive ketones (excluding diaryl/α,β-unsaturated/α-hetero) is 1. The Kier molecular flexibility index (Phi) is 4.82. The maximum atomic E-state index is 12.0. The average molecular weight is 332 g/mol. The van der Waals surface area contributed by atoms with Crippen LogP contribution in [0, 0.1) is 0 Å². The van der Waals surface area contributed by atoms with Gasteiger partial charge in [-0.3, -0.25) is 4.79 Å². The number of carbonyl (C=O) groups excluding carboxylic acids is 1. The summed E-state index contributed by atoms with van der Waals surface area (Å²) in [6.07, 6.45) is -4.64. The number of alkyl halides is 4. The van der Waals surface area contributed by atoms with Crippen LogP contribution in [0.4, 0.5) is 13.2 Å². The fourth-order valence-electron chi connectivity index (χ4n) is 1.14. The molecule has 0 bridgehead atoms. The van der Waals surface area contributed by atoms with E-state index in [0.717, 1.165) is 12.1 Å². The van der Waals surface area contributed by atoms with Crippen molar-refractivity contribution in [3.8, 4) is 5.75 Å². The molecule has 1 rings (SSSR count). The minimum Gasteiger partial charge on any atom is -0.406 e. The molecule has 17 heavy (non-hydrogen) atoms. The normalized spacial score (nSPS) is 11.4. The average Bonchev–Trinajstić information content (AvgIpc) is 2.19. The minimum absolute atomic E-state index is 0.0212. The van der Waals surface area contributed by atoms with Gasteiger partial charge in [0.1, 0.15) is 5.75 Å². The maximum Gasteiger partial charge on any atom is 0.573 e. The summed E-state index contributed by atoms with van der Waals surface area (Å²) >= 11 is 8.79. The van der Waals surface area contributed by atoms with E-state index in [4.69, 9.17) is 11.6 Å². The Bertz CT molecular complexity index is 421. The molecule has 0 unspecified atom stereocenters. The topological polar surface area (TPSA) is 26.3 Å². The Morgan fingerprint density at radius 3 is 2.59 bits per heavy atom. The summed E-state index contributed by atoms with van der Waals surface area (Å²) in [7, 11) is 0. The first-order valence-corrected chi connectivity index (χ1v) is 5.98. The van der Waals surface area contributed by atoms with Crippen LogP contribution in [0.25, 0.3) is 0 Å². The second kappa shape index (κ2) is 5.73. The van der Waals surface area contributed by atoms with Crippen LogP contribution in [0.5, 0.6) is 5.75 Å². The number of hydrogen-bond donors (Lipinski definition) is 0. The van der Waals surface area contributed by atoms with Gasteiger partial charge < -0.3 is 4.74 Å². The molecule has 0 fully saturated rings. The second-order valence-corrected chi connectivity index (χ2v) is 4.25. The number of ether oxygens (including phenoxy) is 1. The van der Waals surface area contributed by atoms with Crippen LogP contribution in [-0.4, -0.2) is 17.5 Å². The van der Waals surface area contributed by atoms with Gasteiger partial charge in [-0.1, -0.05) is 27.5 Å². The van der Waals surface area contributed by atoms with Crippen molar-refractivity contribution in [2.45, 2.75) is 12.8 Å². The molecule has 0 saturated carbocycles. The maximum absolute atomic E-state index is 12.0. The van der Waals surface area contributed by atoms with E-state index >= 15 is 0 Å². The summed E-state index contributed by atoms with van der Waals surface area (Å²) in [5.74, 6) is -0.806. The van der Waals surface area contributed by atoms with Crippen molar-refractivity contribution in [2.24, 2.45) is 0 Å². The zero-order valence-corrected chi connectivity index (χ0v) is 10.7. The molecule has 0 radical (unpaired) electrons. The molecule has 0 aromatic heterocycles. The molecule has 2 nitrogen and oxygen atoms in total. The second-order valence-electron chi connectivity index (χ2n) is 3.05. The molecule has 1 aromatic carbocycles. The highest BCUT2D eigenvalue weighted by Crippen LogP contribution is 2.27. The molecule has 0 N–H and O–H groups in total. The van der Waals surface area contributed by atoms with Gasteiger partial charge in [-0.25, -0.2) is 0 Å². The van der Waals surface area contributed by atoms with Gasteiger partial charge in [-0.2, -0.15) is 0 Å². The van der Waals surface area contributed by atoms with E-state index < -0.39 is 12.1 Å². The summed E-state index contributed by atoms with van der Waals surface area (Å²) in [6.45, 7) is 0. The van der Waals surface area contributed by atoms with E-state index in [-0.39, 0.29) is 22.8 Å². The van der Waals surface area contributed by atoms with Gasteiger partial charge in [0.15, 0.2) is 5.78 Å². The minimum atomic E-state index is -4.79. The van der Waals surface area contributed by atoms with Crippen molar-refractivity contribution in [1.82, 2.24) is 0 Å². The molecular weight excluding hydrogens is 324 g/mol. The van der Waals surface area contributed by atoms with E-state index in [9.17, 15) is 18.0 Å². The van der Waals surface area contributed by atoms with Gasteiger partial charge >= 0.3 is 6.36 Å². The third-order valence-electron chi connectivity index (χ3n) is 1.79. The monoisotopic (exact) mass is 330 g/mol. The van der Waals surface area contributed by atoms with Crippen LogP contribution < -0.4 is 4.74 Å². The van der Waals surface area contributed by atoms with Crippen LogP contribution >= 0.6 is 27.5 Å². The highest BCUT2D eigenvalue weighted by molar-refractivity contribution is 9.09. The molecule has 0 heterocycles. The van der Waals surface area contributed by atoms with Gasteiger partial charge in [0.05, 0.1) is 5.02 Å². The van der Waals surface area contributed by atoms with Crippen LogP contribution in [0.15, 0.2) is 18.2 Å². The molecule has 1 aromatic rings. The Morgan fingerprint density at radius 1 is 1.41 bits per heavy atom. The van der Waals surface area contributed by atoms with Gasteiger partial charge in [0.25, 0.3) is 0 Å². The van der Waals surface area contributed by atoms with E-state index in [1.165, 1.54) is 6.07 Å². The largest absolute Gasteiger partial charge is 0.573 e. The van der Waals surface area contributed by atoms with Crippen molar-refractivity contribution in [1.29, 1.82) is 0 Å². The van der Waals surface area contributed by atoms with E-state index in [1.807, 2.05) is 0 Å². The van der Waals surface area contributed by atoms with Crippen molar-refractivity contribution < 1.29 is 22.7 Å². The summed E-state index contributed by atoms with van der Waals surface area (Å²) in [5, 5.41) is 0.512. The lowest BCUT2D eigenvalue weighted by atomic mass is 10.1. The summed E-state index contributed by atoms with van der Waals surface area (Å²) in [5.41, 5.74) is 0.0212. The molecule has 0 spiro atoms. The molecule has 0 aliphatic rings. The SMILES string of the molecule is O=C(CCBr)c1cc(OC(F)(F)F)ccc1Cl. The van der Waals surface area contributed by atoms with Gasteiger partial charge in [-0.05, 0) is 18.2 Å². The highest BCUT2D eigenvalue weighted by atomic mass is 79.9. The lowest BCUT2D eigenvalue weighted by Crippen LogP contribution is -2.17. The third kappa shape index (κ3) is 4.55. The standard InChI is InChI=1S/C10H7BrClF3O2/c11-4-3-9(16)7-5-6(1-2-8(7)12)17-10(13,14)15/h1-2,5H,3-4H2. The highest BCUT2D eigenvalue weighted by Gasteiger charge is 2.31. The molecule has 0 aliphatic carbocycles. The van der Waals surface area contributed by atoms with E-state index in [2.05, 4.69) is 20.7 Å². The molecule has 0 aliphatic heterocycles. The Balaban J connectivity index is 2.98. The number of benzene rings is 1. The summed E-state index contributed by atoms with van der Waals surface area (Å²) in [4.78, 5) is 11.5.